The monoisotopic (exact) mass is 353 g/mol. The van der Waals surface area contributed by atoms with Gasteiger partial charge in [-0.1, -0.05) is 6.92 Å². The van der Waals surface area contributed by atoms with Gasteiger partial charge >= 0.3 is 6.09 Å². The standard InChI is InChI=1S/C16H27N5O2S/c1-4-13-12-19-14(24-13)6-7-18-15(17-3)20-8-10-21(11-9-20)16(22)23-5-2/h12H,4-11H2,1-3H3,(H,17,18). The molecule has 0 atom stereocenters. The Morgan fingerprint density at radius 3 is 2.62 bits per heavy atom. The van der Waals surface area contributed by atoms with Crippen molar-refractivity contribution < 1.29 is 9.53 Å². The van der Waals surface area contributed by atoms with E-state index in [1.54, 1.807) is 23.3 Å². The van der Waals surface area contributed by atoms with Crippen LogP contribution in [0.4, 0.5) is 4.79 Å². The van der Waals surface area contributed by atoms with Crippen molar-refractivity contribution in [1.82, 2.24) is 20.1 Å². The van der Waals surface area contributed by atoms with Gasteiger partial charge in [0.25, 0.3) is 0 Å². The van der Waals surface area contributed by atoms with Crippen molar-refractivity contribution >= 4 is 23.4 Å². The van der Waals surface area contributed by atoms with Crippen LogP contribution < -0.4 is 5.32 Å². The van der Waals surface area contributed by atoms with Gasteiger partial charge in [0.15, 0.2) is 5.96 Å². The van der Waals surface area contributed by atoms with Gasteiger partial charge in [0.1, 0.15) is 0 Å². The van der Waals surface area contributed by atoms with E-state index in [1.165, 1.54) is 4.88 Å². The number of nitrogens with one attached hydrogen (secondary N) is 1. The predicted molar refractivity (Wildman–Crippen MR) is 96.7 cm³/mol. The maximum absolute atomic E-state index is 11.7. The zero-order valence-corrected chi connectivity index (χ0v) is 15.6. The Hall–Kier alpha value is -1.83. The van der Waals surface area contributed by atoms with Gasteiger partial charge in [-0.15, -0.1) is 11.3 Å². The molecule has 2 heterocycles. The Morgan fingerprint density at radius 2 is 2.04 bits per heavy atom. The largest absolute Gasteiger partial charge is 0.450 e. The van der Waals surface area contributed by atoms with Gasteiger partial charge < -0.3 is 19.9 Å². The number of carbonyl (C=O) groups excluding carboxylic acids is 1. The molecule has 0 spiro atoms. The molecule has 0 unspecified atom stereocenters. The summed E-state index contributed by atoms with van der Waals surface area (Å²) in [5.41, 5.74) is 0. The molecule has 1 aromatic rings. The van der Waals surface area contributed by atoms with Crippen molar-refractivity contribution in [2.24, 2.45) is 4.99 Å². The van der Waals surface area contributed by atoms with Gasteiger partial charge in [-0.05, 0) is 13.3 Å². The number of hydrogen-bond acceptors (Lipinski definition) is 5. The number of guanidine groups is 1. The molecular formula is C16H27N5O2S. The number of rotatable bonds is 5. The summed E-state index contributed by atoms with van der Waals surface area (Å²) in [6.07, 6.45) is 3.67. The minimum absolute atomic E-state index is 0.226. The van der Waals surface area contributed by atoms with Crippen LogP contribution in [0, 0.1) is 0 Å². The minimum Gasteiger partial charge on any atom is -0.450 e. The van der Waals surface area contributed by atoms with Crippen molar-refractivity contribution in [2.45, 2.75) is 26.7 Å². The predicted octanol–water partition coefficient (Wildman–Crippen LogP) is 1.60. The maximum Gasteiger partial charge on any atom is 0.409 e. The summed E-state index contributed by atoms with van der Waals surface area (Å²) in [6.45, 7) is 8.03. The van der Waals surface area contributed by atoms with Gasteiger partial charge in [0.05, 0.1) is 11.6 Å². The van der Waals surface area contributed by atoms with E-state index in [0.717, 1.165) is 43.4 Å². The smallest absolute Gasteiger partial charge is 0.409 e. The Balaban J connectivity index is 1.75. The number of aryl methyl sites for hydroxylation is 1. The molecule has 7 nitrogen and oxygen atoms in total. The zero-order chi connectivity index (χ0) is 17.4. The summed E-state index contributed by atoms with van der Waals surface area (Å²) in [6, 6.07) is 0. The first-order valence-corrected chi connectivity index (χ1v) is 9.30. The summed E-state index contributed by atoms with van der Waals surface area (Å²) >= 11 is 1.77. The normalized spacial score (nSPS) is 15.5. The molecule has 1 N–H and O–H groups in total. The first kappa shape index (κ1) is 18.5. The number of aromatic nitrogens is 1. The molecule has 1 fully saturated rings. The highest BCUT2D eigenvalue weighted by molar-refractivity contribution is 7.11. The highest BCUT2D eigenvalue weighted by Crippen LogP contribution is 2.13. The van der Waals surface area contributed by atoms with E-state index in [0.29, 0.717) is 19.7 Å². The lowest BCUT2D eigenvalue weighted by Gasteiger charge is -2.35. The maximum atomic E-state index is 11.7. The molecule has 24 heavy (non-hydrogen) atoms. The fourth-order valence-electron chi connectivity index (χ4n) is 2.56. The quantitative estimate of drug-likeness (QED) is 0.643. The second-order valence-corrected chi connectivity index (χ2v) is 6.67. The second-order valence-electron chi connectivity index (χ2n) is 5.47. The summed E-state index contributed by atoms with van der Waals surface area (Å²) in [5, 5.41) is 4.55. The Kier molecular flexibility index (Phi) is 7.30. The molecular weight excluding hydrogens is 326 g/mol. The molecule has 1 aliphatic heterocycles. The summed E-state index contributed by atoms with van der Waals surface area (Å²) < 4.78 is 5.05. The van der Waals surface area contributed by atoms with Crippen LogP contribution in [0.5, 0.6) is 0 Å². The third kappa shape index (κ3) is 5.09. The molecule has 8 heteroatoms. The number of ether oxygens (including phenoxy) is 1. The number of hydrogen-bond donors (Lipinski definition) is 1. The lowest BCUT2D eigenvalue weighted by Crippen LogP contribution is -2.54. The van der Waals surface area contributed by atoms with E-state index >= 15 is 0 Å². The van der Waals surface area contributed by atoms with Crippen LogP contribution in [0.25, 0.3) is 0 Å². The lowest BCUT2D eigenvalue weighted by molar-refractivity contribution is 0.0915. The number of thiazole rings is 1. The lowest BCUT2D eigenvalue weighted by atomic mass is 10.3. The summed E-state index contributed by atoms with van der Waals surface area (Å²) in [7, 11) is 1.79. The van der Waals surface area contributed by atoms with E-state index in [-0.39, 0.29) is 6.09 Å². The van der Waals surface area contributed by atoms with E-state index < -0.39 is 0 Å². The molecule has 0 saturated carbocycles. The van der Waals surface area contributed by atoms with E-state index in [4.69, 9.17) is 4.74 Å². The van der Waals surface area contributed by atoms with Gasteiger partial charge in [-0.3, -0.25) is 4.99 Å². The van der Waals surface area contributed by atoms with Crippen molar-refractivity contribution in [1.29, 1.82) is 0 Å². The second kappa shape index (κ2) is 9.46. The first-order chi connectivity index (χ1) is 11.7. The zero-order valence-electron chi connectivity index (χ0n) is 14.7. The molecule has 0 radical (unpaired) electrons. The average Bonchev–Trinajstić information content (AvgIpc) is 3.07. The topological polar surface area (TPSA) is 70.1 Å². The van der Waals surface area contributed by atoms with E-state index in [2.05, 4.69) is 27.1 Å². The Labute approximate surface area is 147 Å². The van der Waals surface area contributed by atoms with Crippen LogP contribution in [-0.4, -0.2) is 73.2 Å². The summed E-state index contributed by atoms with van der Waals surface area (Å²) in [5.74, 6) is 0.880. The summed E-state index contributed by atoms with van der Waals surface area (Å²) in [4.78, 5) is 25.8. The van der Waals surface area contributed by atoms with Gasteiger partial charge in [-0.2, -0.15) is 0 Å². The van der Waals surface area contributed by atoms with Crippen LogP contribution in [0.15, 0.2) is 11.2 Å². The SMILES string of the molecule is CCOC(=O)N1CCN(C(=NC)NCCc2ncc(CC)s2)CC1. The molecule has 0 bridgehead atoms. The van der Waals surface area contributed by atoms with Crippen molar-refractivity contribution in [3.63, 3.8) is 0 Å². The van der Waals surface area contributed by atoms with Crippen LogP contribution in [0.1, 0.15) is 23.7 Å². The van der Waals surface area contributed by atoms with Crippen LogP contribution >= 0.6 is 11.3 Å². The van der Waals surface area contributed by atoms with Crippen molar-refractivity contribution in [2.75, 3.05) is 46.4 Å². The van der Waals surface area contributed by atoms with Crippen LogP contribution in [0.2, 0.25) is 0 Å². The molecule has 134 valence electrons. The molecule has 1 aliphatic rings. The fraction of sp³-hybridized carbons (Fsp3) is 0.688. The number of aliphatic imine (C=N–C) groups is 1. The molecule has 1 aromatic heterocycles. The number of amides is 1. The Morgan fingerprint density at radius 1 is 1.33 bits per heavy atom. The van der Waals surface area contributed by atoms with Gasteiger partial charge in [0.2, 0.25) is 0 Å². The van der Waals surface area contributed by atoms with E-state index in [1.807, 2.05) is 13.1 Å². The minimum atomic E-state index is -0.226. The molecule has 2 rings (SSSR count). The van der Waals surface area contributed by atoms with Crippen molar-refractivity contribution in [3.8, 4) is 0 Å². The number of piperazine rings is 1. The number of carbonyl (C=O) groups is 1. The average molecular weight is 353 g/mol. The first-order valence-electron chi connectivity index (χ1n) is 8.48. The molecule has 0 aromatic carbocycles. The fourth-order valence-corrected chi connectivity index (χ4v) is 3.42. The van der Waals surface area contributed by atoms with Gasteiger partial charge in [0, 0.05) is 57.3 Å². The third-order valence-corrected chi connectivity index (χ3v) is 5.09. The van der Waals surface area contributed by atoms with Crippen LogP contribution in [0.3, 0.4) is 0 Å². The highest BCUT2D eigenvalue weighted by Gasteiger charge is 2.23. The van der Waals surface area contributed by atoms with Crippen LogP contribution in [-0.2, 0) is 17.6 Å². The van der Waals surface area contributed by atoms with E-state index in [9.17, 15) is 4.79 Å². The van der Waals surface area contributed by atoms with Crippen molar-refractivity contribution in [3.05, 3.63) is 16.1 Å². The van der Waals surface area contributed by atoms with Gasteiger partial charge in [-0.25, -0.2) is 9.78 Å². The molecule has 1 amide bonds. The molecule has 1 saturated heterocycles. The highest BCUT2D eigenvalue weighted by atomic mass is 32.1. The molecule has 0 aliphatic carbocycles. The Bertz CT molecular complexity index is 552. The number of nitrogens with zero attached hydrogens (tertiary/aromatic N) is 4. The third-order valence-electron chi connectivity index (χ3n) is 3.89.